The van der Waals surface area contributed by atoms with Crippen LogP contribution in [0.5, 0.6) is 5.75 Å². The molecule has 2 rings (SSSR count). The van der Waals surface area contributed by atoms with Gasteiger partial charge in [0, 0.05) is 22.3 Å². The summed E-state index contributed by atoms with van der Waals surface area (Å²) in [5.74, 6) is 0.394. The number of benzene rings is 2. The average Bonchev–Trinajstić information content (AvgIpc) is 2.47. The molecule has 0 aromatic heterocycles. The lowest BCUT2D eigenvalue weighted by Gasteiger charge is -2.09. The number of ether oxygens (including phenoxy) is 1. The maximum absolute atomic E-state index is 12.2. The summed E-state index contributed by atoms with van der Waals surface area (Å²) in [6.07, 6.45) is 2.01. The van der Waals surface area contributed by atoms with Crippen molar-refractivity contribution in [2.45, 2.75) is 4.90 Å². The van der Waals surface area contributed by atoms with Gasteiger partial charge in [0.15, 0.2) is 0 Å². The van der Waals surface area contributed by atoms with Crippen LogP contribution in [0.1, 0.15) is 10.4 Å². The molecule has 0 bridgehead atoms. The van der Waals surface area contributed by atoms with Gasteiger partial charge in [0.2, 0.25) is 0 Å². The van der Waals surface area contributed by atoms with Gasteiger partial charge in [-0.25, -0.2) is 0 Å². The Morgan fingerprint density at radius 2 is 1.90 bits per heavy atom. The Bertz CT molecular complexity index is 612. The molecule has 1 amide bonds. The van der Waals surface area contributed by atoms with Crippen LogP contribution in [0.4, 0.5) is 11.4 Å². The van der Waals surface area contributed by atoms with Crippen molar-refractivity contribution in [3.05, 3.63) is 48.0 Å². The number of nitrogens with one attached hydrogen (secondary N) is 1. The Kier molecular flexibility index (Phi) is 4.53. The first-order valence-corrected chi connectivity index (χ1v) is 7.25. The van der Waals surface area contributed by atoms with Crippen LogP contribution < -0.4 is 15.8 Å². The van der Waals surface area contributed by atoms with E-state index >= 15 is 0 Å². The predicted octanol–water partition coefficient (Wildman–Crippen LogP) is 3.25. The minimum absolute atomic E-state index is 0.234. The van der Waals surface area contributed by atoms with Crippen LogP contribution in [0.25, 0.3) is 0 Å². The van der Waals surface area contributed by atoms with Crippen molar-refractivity contribution in [1.82, 2.24) is 0 Å². The highest BCUT2D eigenvalue weighted by Gasteiger charge is 2.10. The van der Waals surface area contributed by atoms with E-state index in [2.05, 4.69) is 5.32 Å². The van der Waals surface area contributed by atoms with E-state index in [1.807, 2.05) is 30.5 Å². The number of hydrogen-bond donors (Lipinski definition) is 2. The molecule has 3 N–H and O–H groups in total. The molecule has 104 valence electrons. The van der Waals surface area contributed by atoms with Crippen LogP contribution in [0.2, 0.25) is 0 Å². The van der Waals surface area contributed by atoms with Crippen molar-refractivity contribution in [3.8, 4) is 5.75 Å². The Hall–Kier alpha value is -2.14. The number of rotatable bonds is 4. The van der Waals surface area contributed by atoms with Gasteiger partial charge in [0.25, 0.3) is 5.91 Å². The monoisotopic (exact) mass is 288 g/mol. The summed E-state index contributed by atoms with van der Waals surface area (Å²) >= 11 is 1.65. The predicted molar refractivity (Wildman–Crippen MR) is 83.6 cm³/mol. The first kappa shape index (κ1) is 14.3. The average molecular weight is 288 g/mol. The molecule has 0 saturated heterocycles. The standard InChI is InChI=1S/C15H16N2O2S/c1-19-11-5-8-13(14(16)9-11)15(18)17-10-3-6-12(20-2)7-4-10/h3-9H,16H2,1-2H3,(H,17,18). The minimum atomic E-state index is -0.234. The van der Waals surface area contributed by atoms with Crippen LogP contribution in [0.3, 0.4) is 0 Å². The van der Waals surface area contributed by atoms with Gasteiger partial charge < -0.3 is 15.8 Å². The van der Waals surface area contributed by atoms with Gasteiger partial charge in [0.05, 0.1) is 12.7 Å². The zero-order valence-corrected chi connectivity index (χ0v) is 12.2. The fourth-order valence-corrected chi connectivity index (χ4v) is 2.16. The summed E-state index contributed by atoms with van der Waals surface area (Å²) < 4.78 is 5.06. The van der Waals surface area contributed by atoms with Crippen LogP contribution in [0, 0.1) is 0 Å². The molecule has 4 nitrogen and oxygen atoms in total. The molecule has 0 fully saturated rings. The van der Waals surface area contributed by atoms with E-state index in [-0.39, 0.29) is 5.91 Å². The molecule has 0 spiro atoms. The number of anilines is 2. The van der Waals surface area contributed by atoms with Gasteiger partial charge in [-0.05, 0) is 42.7 Å². The van der Waals surface area contributed by atoms with E-state index in [1.165, 1.54) is 0 Å². The van der Waals surface area contributed by atoms with Crippen molar-refractivity contribution in [1.29, 1.82) is 0 Å². The van der Waals surface area contributed by atoms with E-state index in [0.29, 0.717) is 17.0 Å². The molecule has 0 aliphatic heterocycles. The number of hydrogen-bond acceptors (Lipinski definition) is 4. The molecule has 2 aromatic rings. The molecular formula is C15H16N2O2S. The molecular weight excluding hydrogens is 272 g/mol. The lowest BCUT2D eigenvalue weighted by Crippen LogP contribution is -2.14. The number of thioether (sulfide) groups is 1. The van der Waals surface area contributed by atoms with Gasteiger partial charge in [-0.2, -0.15) is 0 Å². The van der Waals surface area contributed by atoms with Crippen molar-refractivity contribution in [3.63, 3.8) is 0 Å². The first-order chi connectivity index (χ1) is 9.63. The summed E-state index contributed by atoms with van der Waals surface area (Å²) in [7, 11) is 1.56. The molecule has 5 heteroatoms. The Labute approximate surface area is 122 Å². The molecule has 0 saturated carbocycles. The van der Waals surface area contributed by atoms with E-state index in [0.717, 1.165) is 10.6 Å². The van der Waals surface area contributed by atoms with Crippen molar-refractivity contribution in [2.24, 2.45) is 0 Å². The second-order valence-corrected chi connectivity index (χ2v) is 5.02. The molecule has 0 atom stereocenters. The first-order valence-electron chi connectivity index (χ1n) is 6.03. The molecule has 0 aliphatic rings. The Morgan fingerprint density at radius 1 is 1.20 bits per heavy atom. The van der Waals surface area contributed by atoms with Gasteiger partial charge in [-0.1, -0.05) is 0 Å². The number of carbonyl (C=O) groups is 1. The highest BCUT2D eigenvalue weighted by atomic mass is 32.2. The topological polar surface area (TPSA) is 64.3 Å². The molecule has 0 heterocycles. The van der Waals surface area contributed by atoms with Crippen LogP contribution >= 0.6 is 11.8 Å². The summed E-state index contributed by atoms with van der Waals surface area (Å²) in [5, 5.41) is 2.82. The third-order valence-electron chi connectivity index (χ3n) is 2.85. The number of nitrogens with two attached hydrogens (primary N) is 1. The van der Waals surface area contributed by atoms with Gasteiger partial charge in [-0.15, -0.1) is 11.8 Å². The zero-order chi connectivity index (χ0) is 14.5. The van der Waals surface area contributed by atoms with Gasteiger partial charge >= 0.3 is 0 Å². The van der Waals surface area contributed by atoms with E-state index < -0.39 is 0 Å². The highest BCUT2D eigenvalue weighted by Crippen LogP contribution is 2.22. The van der Waals surface area contributed by atoms with E-state index in [9.17, 15) is 4.79 Å². The lowest BCUT2D eigenvalue weighted by atomic mass is 10.1. The van der Waals surface area contributed by atoms with Crippen molar-refractivity contribution >= 4 is 29.0 Å². The maximum Gasteiger partial charge on any atom is 0.257 e. The largest absolute Gasteiger partial charge is 0.497 e. The fourth-order valence-electron chi connectivity index (χ4n) is 1.75. The quantitative estimate of drug-likeness (QED) is 0.669. The molecule has 0 unspecified atom stereocenters. The third-order valence-corrected chi connectivity index (χ3v) is 3.59. The Balaban J connectivity index is 2.14. The highest BCUT2D eigenvalue weighted by molar-refractivity contribution is 7.98. The maximum atomic E-state index is 12.2. The normalized spacial score (nSPS) is 10.1. The van der Waals surface area contributed by atoms with E-state index in [1.54, 1.807) is 37.1 Å². The molecule has 2 aromatic carbocycles. The fraction of sp³-hybridized carbons (Fsp3) is 0.133. The summed E-state index contributed by atoms with van der Waals surface area (Å²) in [6, 6.07) is 12.6. The van der Waals surface area contributed by atoms with Crippen LogP contribution in [-0.2, 0) is 0 Å². The van der Waals surface area contributed by atoms with Gasteiger partial charge in [0.1, 0.15) is 5.75 Å². The van der Waals surface area contributed by atoms with Crippen molar-refractivity contribution < 1.29 is 9.53 Å². The number of nitrogen functional groups attached to an aromatic ring is 1. The zero-order valence-electron chi connectivity index (χ0n) is 11.3. The van der Waals surface area contributed by atoms with Crippen LogP contribution in [-0.4, -0.2) is 19.3 Å². The molecule has 0 radical (unpaired) electrons. The van der Waals surface area contributed by atoms with Crippen molar-refractivity contribution in [2.75, 3.05) is 24.4 Å². The van der Waals surface area contributed by atoms with Gasteiger partial charge in [-0.3, -0.25) is 4.79 Å². The van der Waals surface area contributed by atoms with E-state index in [4.69, 9.17) is 10.5 Å². The second kappa shape index (κ2) is 6.34. The third kappa shape index (κ3) is 3.24. The molecule has 0 aliphatic carbocycles. The number of carbonyl (C=O) groups excluding carboxylic acids is 1. The molecule has 20 heavy (non-hydrogen) atoms. The Morgan fingerprint density at radius 3 is 2.45 bits per heavy atom. The number of amides is 1. The van der Waals surface area contributed by atoms with Crippen LogP contribution in [0.15, 0.2) is 47.4 Å². The summed E-state index contributed by atoms with van der Waals surface area (Å²) in [6.45, 7) is 0. The SMILES string of the molecule is COc1ccc(C(=O)Nc2ccc(SC)cc2)c(N)c1. The summed E-state index contributed by atoms with van der Waals surface area (Å²) in [4.78, 5) is 13.3. The summed E-state index contributed by atoms with van der Waals surface area (Å²) in [5.41, 5.74) is 7.41. The minimum Gasteiger partial charge on any atom is -0.497 e. The second-order valence-electron chi connectivity index (χ2n) is 4.14. The smallest absolute Gasteiger partial charge is 0.257 e. The number of methoxy groups -OCH3 is 1. The lowest BCUT2D eigenvalue weighted by molar-refractivity contribution is 0.102.